The van der Waals surface area contributed by atoms with Gasteiger partial charge in [0.1, 0.15) is 17.3 Å². The highest BCUT2D eigenvalue weighted by atomic mass is 19.1. The minimum Gasteiger partial charge on any atom is -0.334 e. The molecule has 3 rings (SSSR count). The number of carbonyl (C=O) groups excluding carboxylic acids is 1. The predicted octanol–water partition coefficient (Wildman–Crippen LogP) is 3.68. The van der Waals surface area contributed by atoms with Crippen LogP contribution in [0, 0.1) is 11.6 Å². The third-order valence-corrected chi connectivity index (χ3v) is 3.36. The number of aromatic nitrogens is 2. The largest absolute Gasteiger partial charge is 0.334 e. The Bertz CT molecular complexity index is 850. The van der Waals surface area contributed by atoms with Gasteiger partial charge in [-0.15, -0.1) is 10.2 Å². The molecule has 0 aliphatic heterocycles. The number of amides is 1. The lowest BCUT2D eigenvalue weighted by Crippen LogP contribution is -2.15. The average Bonchev–Trinajstić information content (AvgIpc) is 2.60. The van der Waals surface area contributed by atoms with Gasteiger partial charge in [0, 0.05) is 0 Å². The van der Waals surface area contributed by atoms with Crippen molar-refractivity contribution in [1.29, 1.82) is 0 Å². The molecular weight excluding hydrogens is 326 g/mol. The molecule has 0 radical (unpaired) electrons. The van der Waals surface area contributed by atoms with E-state index in [4.69, 9.17) is 0 Å². The number of carbonyl (C=O) groups is 1. The number of para-hydroxylation sites is 1. The Hall–Kier alpha value is -3.35. The normalized spacial score (nSPS) is 10.3. The molecule has 25 heavy (non-hydrogen) atoms. The van der Waals surface area contributed by atoms with Crippen molar-refractivity contribution in [2.45, 2.75) is 6.42 Å². The van der Waals surface area contributed by atoms with Gasteiger partial charge in [-0.05, 0) is 29.8 Å². The van der Waals surface area contributed by atoms with Crippen LogP contribution in [0.2, 0.25) is 0 Å². The van der Waals surface area contributed by atoms with Gasteiger partial charge in [0.15, 0.2) is 11.6 Å². The van der Waals surface area contributed by atoms with Gasteiger partial charge < -0.3 is 10.6 Å². The zero-order chi connectivity index (χ0) is 17.6. The summed E-state index contributed by atoms with van der Waals surface area (Å²) in [6, 6.07) is 15.8. The van der Waals surface area contributed by atoms with E-state index in [1.807, 2.05) is 30.3 Å². The quantitative estimate of drug-likeness (QED) is 0.743. The van der Waals surface area contributed by atoms with E-state index in [1.54, 1.807) is 0 Å². The summed E-state index contributed by atoms with van der Waals surface area (Å²) in [5.41, 5.74) is 0.568. The van der Waals surface area contributed by atoms with Crippen LogP contribution in [0.15, 0.2) is 60.7 Å². The minimum atomic E-state index is -0.734. The number of nitrogens with zero attached hydrogens (tertiary/aromatic N) is 2. The number of anilines is 3. The molecular formula is C18H14F2N4O. The number of hydrogen-bond donors (Lipinski definition) is 2. The minimum absolute atomic E-state index is 0.157. The van der Waals surface area contributed by atoms with Gasteiger partial charge in [-0.3, -0.25) is 4.79 Å². The van der Waals surface area contributed by atoms with E-state index in [-0.39, 0.29) is 29.7 Å². The van der Waals surface area contributed by atoms with E-state index in [9.17, 15) is 13.6 Å². The molecule has 0 aliphatic carbocycles. The van der Waals surface area contributed by atoms with Gasteiger partial charge in [0.25, 0.3) is 0 Å². The Labute approximate surface area is 142 Å². The molecule has 0 fully saturated rings. The van der Waals surface area contributed by atoms with Gasteiger partial charge in [-0.2, -0.15) is 0 Å². The lowest BCUT2D eigenvalue weighted by molar-refractivity contribution is -0.115. The summed E-state index contributed by atoms with van der Waals surface area (Å²) in [6.07, 6.45) is 0.211. The van der Waals surface area contributed by atoms with E-state index in [2.05, 4.69) is 20.8 Å². The molecule has 0 saturated heterocycles. The molecule has 126 valence electrons. The monoisotopic (exact) mass is 340 g/mol. The fraction of sp³-hybridized carbons (Fsp3) is 0.0556. The fourth-order valence-electron chi connectivity index (χ4n) is 2.18. The zero-order valence-electron chi connectivity index (χ0n) is 13.0. The highest BCUT2D eigenvalue weighted by molar-refractivity contribution is 5.91. The third-order valence-electron chi connectivity index (χ3n) is 3.36. The summed E-state index contributed by atoms with van der Waals surface area (Å²) in [5, 5.41) is 12.8. The first-order chi connectivity index (χ1) is 12.1. The van der Waals surface area contributed by atoms with Crippen LogP contribution in [0.1, 0.15) is 5.56 Å². The number of hydrogen-bond acceptors (Lipinski definition) is 4. The maximum atomic E-state index is 13.6. The van der Waals surface area contributed by atoms with E-state index >= 15 is 0 Å². The Morgan fingerprint density at radius 2 is 1.48 bits per heavy atom. The third kappa shape index (κ3) is 4.35. The second-order valence-corrected chi connectivity index (χ2v) is 5.24. The van der Waals surface area contributed by atoms with Gasteiger partial charge in [-0.25, -0.2) is 8.78 Å². The summed E-state index contributed by atoms with van der Waals surface area (Å²) >= 11 is 0. The molecule has 2 aromatic carbocycles. The molecule has 2 N–H and O–H groups in total. The number of benzene rings is 2. The Kier molecular flexibility index (Phi) is 4.94. The van der Waals surface area contributed by atoms with Crippen LogP contribution in [0.4, 0.5) is 26.1 Å². The molecule has 0 bridgehead atoms. The van der Waals surface area contributed by atoms with Crippen molar-refractivity contribution < 1.29 is 13.6 Å². The van der Waals surface area contributed by atoms with Crippen molar-refractivity contribution >= 4 is 23.2 Å². The smallest absolute Gasteiger partial charge is 0.229 e. The molecule has 1 amide bonds. The maximum Gasteiger partial charge on any atom is 0.229 e. The molecule has 0 unspecified atom stereocenters. The van der Waals surface area contributed by atoms with Crippen LogP contribution in [0.5, 0.6) is 0 Å². The zero-order valence-corrected chi connectivity index (χ0v) is 13.0. The molecule has 3 aromatic rings. The number of rotatable bonds is 5. The molecule has 0 saturated carbocycles. The van der Waals surface area contributed by atoms with Gasteiger partial charge in [-0.1, -0.05) is 36.4 Å². The Morgan fingerprint density at radius 3 is 2.12 bits per heavy atom. The number of halogens is 2. The van der Waals surface area contributed by atoms with Crippen LogP contribution in [-0.2, 0) is 11.2 Å². The summed E-state index contributed by atoms with van der Waals surface area (Å²) < 4.78 is 27.2. The van der Waals surface area contributed by atoms with Crippen molar-refractivity contribution in [3.05, 3.63) is 77.9 Å². The van der Waals surface area contributed by atoms with Gasteiger partial charge in [0.2, 0.25) is 5.91 Å². The predicted molar refractivity (Wildman–Crippen MR) is 90.4 cm³/mol. The van der Waals surface area contributed by atoms with E-state index in [0.29, 0.717) is 0 Å². The molecule has 5 nitrogen and oxygen atoms in total. The molecule has 7 heteroatoms. The lowest BCUT2D eigenvalue weighted by Gasteiger charge is -2.08. The SMILES string of the molecule is O=C(Cc1ccccc1)Nc1ccc(Nc2c(F)cccc2F)nn1. The molecule has 0 atom stereocenters. The van der Waals surface area contributed by atoms with E-state index in [0.717, 1.165) is 17.7 Å². The van der Waals surface area contributed by atoms with Crippen LogP contribution in [0.3, 0.4) is 0 Å². The molecule has 0 spiro atoms. The van der Waals surface area contributed by atoms with Crippen molar-refractivity contribution in [1.82, 2.24) is 10.2 Å². The first kappa shape index (κ1) is 16.5. The van der Waals surface area contributed by atoms with Crippen LogP contribution in [0.25, 0.3) is 0 Å². The number of nitrogens with one attached hydrogen (secondary N) is 2. The molecule has 1 heterocycles. The standard InChI is InChI=1S/C18H14F2N4O/c19-13-7-4-8-14(20)18(13)22-16-10-9-15(23-24-16)21-17(25)11-12-5-2-1-3-6-12/h1-10H,11H2,(H,22,24)(H,21,23,25). The first-order valence-corrected chi connectivity index (χ1v) is 7.50. The average molecular weight is 340 g/mol. The van der Waals surface area contributed by atoms with E-state index in [1.165, 1.54) is 18.2 Å². The van der Waals surface area contributed by atoms with Crippen LogP contribution < -0.4 is 10.6 Å². The van der Waals surface area contributed by atoms with Crippen molar-refractivity contribution in [3.63, 3.8) is 0 Å². The highest BCUT2D eigenvalue weighted by Gasteiger charge is 2.10. The summed E-state index contributed by atoms with van der Waals surface area (Å²) in [4.78, 5) is 12.0. The topological polar surface area (TPSA) is 66.9 Å². The summed E-state index contributed by atoms with van der Waals surface area (Å²) in [5.74, 6) is -1.30. The van der Waals surface area contributed by atoms with Gasteiger partial charge in [0.05, 0.1) is 6.42 Å². The highest BCUT2D eigenvalue weighted by Crippen LogP contribution is 2.21. The lowest BCUT2D eigenvalue weighted by atomic mass is 10.1. The van der Waals surface area contributed by atoms with Crippen molar-refractivity contribution in [2.75, 3.05) is 10.6 Å². The Morgan fingerprint density at radius 1 is 0.840 bits per heavy atom. The fourth-order valence-corrected chi connectivity index (χ4v) is 2.18. The van der Waals surface area contributed by atoms with Crippen molar-refractivity contribution in [2.24, 2.45) is 0 Å². The molecule has 0 aliphatic rings. The second-order valence-electron chi connectivity index (χ2n) is 5.24. The van der Waals surface area contributed by atoms with Crippen LogP contribution in [-0.4, -0.2) is 16.1 Å². The van der Waals surface area contributed by atoms with Crippen molar-refractivity contribution in [3.8, 4) is 0 Å². The second kappa shape index (κ2) is 7.48. The Balaban J connectivity index is 1.63. The first-order valence-electron chi connectivity index (χ1n) is 7.50. The van der Waals surface area contributed by atoms with E-state index < -0.39 is 11.6 Å². The summed E-state index contributed by atoms with van der Waals surface area (Å²) in [6.45, 7) is 0. The van der Waals surface area contributed by atoms with Crippen LogP contribution >= 0.6 is 0 Å². The maximum absolute atomic E-state index is 13.6. The summed E-state index contributed by atoms with van der Waals surface area (Å²) in [7, 11) is 0. The van der Waals surface area contributed by atoms with Gasteiger partial charge >= 0.3 is 0 Å². The molecule has 1 aromatic heterocycles.